The minimum absolute atomic E-state index is 0.0474. The summed E-state index contributed by atoms with van der Waals surface area (Å²) in [4.78, 5) is 0.889. The summed E-state index contributed by atoms with van der Waals surface area (Å²) in [5, 5.41) is 6.10. The molecule has 0 amide bonds. The standard InChI is InChI=1S/C25H21NOS/c27-28-24-13-7-6-12-22(24)26-23(17-25(28)19-9-2-1-3-10-19)21-15-14-18-8-4-5-11-20(18)16-21/h1-16,23,25-26H,17H2/t23-,25+,28+/m1/s1. The fraction of sp³-hybridized carbons (Fsp3) is 0.120. The van der Waals surface area contributed by atoms with E-state index in [1.807, 2.05) is 42.5 Å². The van der Waals surface area contributed by atoms with Crippen molar-refractivity contribution in [3.05, 3.63) is 108 Å². The molecule has 1 heterocycles. The zero-order valence-corrected chi connectivity index (χ0v) is 16.2. The second kappa shape index (κ2) is 7.25. The van der Waals surface area contributed by atoms with Gasteiger partial charge in [0.2, 0.25) is 0 Å². The fourth-order valence-corrected chi connectivity index (χ4v) is 5.67. The Balaban J connectivity index is 1.62. The number of benzene rings is 4. The van der Waals surface area contributed by atoms with E-state index in [0.29, 0.717) is 0 Å². The summed E-state index contributed by atoms with van der Waals surface area (Å²) in [6.45, 7) is 0. The molecule has 3 atom stereocenters. The molecule has 0 unspecified atom stereocenters. The molecule has 0 aliphatic carbocycles. The Bertz CT molecular complexity index is 1160. The maximum absolute atomic E-state index is 13.5. The van der Waals surface area contributed by atoms with Gasteiger partial charge in [0.25, 0.3) is 0 Å². The van der Waals surface area contributed by atoms with Crippen molar-refractivity contribution >= 4 is 27.3 Å². The summed E-state index contributed by atoms with van der Waals surface area (Å²) >= 11 is 0. The molecule has 0 aromatic heterocycles. The third kappa shape index (κ3) is 3.12. The molecule has 4 aromatic rings. The highest BCUT2D eigenvalue weighted by molar-refractivity contribution is 7.85. The lowest BCUT2D eigenvalue weighted by Crippen LogP contribution is -2.13. The summed E-state index contributed by atoms with van der Waals surface area (Å²) in [7, 11) is -1.11. The first-order chi connectivity index (χ1) is 13.8. The molecule has 1 aliphatic rings. The van der Waals surface area contributed by atoms with E-state index in [1.54, 1.807) is 0 Å². The van der Waals surface area contributed by atoms with Crippen LogP contribution in [-0.2, 0) is 10.8 Å². The van der Waals surface area contributed by atoms with Gasteiger partial charge in [0.1, 0.15) is 0 Å². The minimum atomic E-state index is -1.11. The number of rotatable bonds is 2. The van der Waals surface area contributed by atoms with Crippen LogP contribution in [0.15, 0.2) is 102 Å². The highest BCUT2D eigenvalue weighted by atomic mass is 32.2. The second-order valence-corrected chi connectivity index (χ2v) is 8.84. The lowest BCUT2D eigenvalue weighted by Gasteiger charge is -2.22. The minimum Gasteiger partial charge on any atom is -0.377 e. The molecule has 0 bridgehead atoms. The van der Waals surface area contributed by atoms with Gasteiger partial charge in [0, 0.05) is 0 Å². The molecule has 2 nitrogen and oxygen atoms in total. The number of para-hydroxylation sites is 1. The van der Waals surface area contributed by atoms with E-state index >= 15 is 0 Å². The van der Waals surface area contributed by atoms with Crippen molar-refractivity contribution in [3.8, 4) is 0 Å². The molecular weight excluding hydrogens is 362 g/mol. The van der Waals surface area contributed by atoms with Gasteiger partial charge in [-0.2, -0.15) is 0 Å². The van der Waals surface area contributed by atoms with Gasteiger partial charge >= 0.3 is 0 Å². The van der Waals surface area contributed by atoms with Gasteiger partial charge in [-0.3, -0.25) is 4.21 Å². The average Bonchev–Trinajstić information content (AvgIpc) is 2.91. The Morgan fingerprint density at radius 3 is 2.29 bits per heavy atom. The Kier molecular flexibility index (Phi) is 4.46. The number of hydrogen-bond donors (Lipinski definition) is 1. The van der Waals surface area contributed by atoms with E-state index in [2.05, 4.69) is 59.9 Å². The molecule has 1 aliphatic heterocycles. The Labute approximate surface area is 167 Å². The van der Waals surface area contributed by atoms with Crippen LogP contribution in [-0.4, -0.2) is 4.21 Å². The monoisotopic (exact) mass is 383 g/mol. The number of fused-ring (bicyclic) bond motifs is 2. The van der Waals surface area contributed by atoms with Gasteiger partial charge in [0.05, 0.1) is 32.7 Å². The zero-order valence-electron chi connectivity index (χ0n) is 15.4. The Hall–Kier alpha value is -2.91. The summed E-state index contributed by atoms with van der Waals surface area (Å²) in [6, 6.07) is 33.4. The normalized spacial score (nSPS) is 21.5. The lowest BCUT2D eigenvalue weighted by atomic mass is 9.96. The maximum Gasteiger partial charge on any atom is 0.0667 e. The fourth-order valence-electron chi connectivity index (χ4n) is 4.03. The Morgan fingerprint density at radius 1 is 0.714 bits per heavy atom. The van der Waals surface area contributed by atoms with Crippen molar-refractivity contribution in [3.63, 3.8) is 0 Å². The van der Waals surface area contributed by atoms with Gasteiger partial charge in [-0.25, -0.2) is 0 Å². The van der Waals surface area contributed by atoms with Crippen LogP contribution in [0.4, 0.5) is 5.69 Å². The third-order valence-corrected chi connectivity index (χ3v) is 7.26. The molecule has 1 N–H and O–H groups in total. The van der Waals surface area contributed by atoms with Crippen LogP contribution in [0.25, 0.3) is 10.8 Å². The van der Waals surface area contributed by atoms with E-state index in [-0.39, 0.29) is 11.3 Å². The van der Waals surface area contributed by atoms with Crippen molar-refractivity contribution in [2.75, 3.05) is 5.32 Å². The van der Waals surface area contributed by atoms with Crippen molar-refractivity contribution in [1.82, 2.24) is 0 Å². The van der Waals surface area contributed by atoms with Gasteiger partial charge in [0.15, 0.2) is 0 Å². The smallest absolute Gasteiger partial charge is 0.0667 e. The third-order valence-electron chi connectivity index (χ3n) is 5.49. The predicted molar refractivity (Wildman–Crippen MR) is 117 cm³/mol. The molecule has 3 heteroatoms. The number of anilines is 1. The van der Waals surface area contributed by atoms with Crippen molar-refractivity contribution in [1.29, 1.82) is 0 Å². The lowest BCUT2D eigenvalue weighted by molar-refractivity contribution is 0.644. The second-order valence-electron chi connectivity index (χ2n) is 7.23. The molecular formula is C25H21NOS. The van der Waals surface area contributed by atoms with E-state index in [1.165, 1.54) is 16.3 Å². The molecule has 0 saturated carbocycles. The summed E-state index contributed by atoms with van der Waals surface area (Å²) in [6.07, 6.45) is 0.781. The van der Waals surface area contributed by atoms with Crippen molar-refractivity contribution < 1.29 is 4.21 Å². The first-order valence-corrected chi connectivity index (χ1v) is 10.8. The zero-order chi connectivity index (χ0) is 18.9. The summed E-state index contributed by atoms with van der Waals surface area (Å²) in [5.41, 5.74) is 3.33. The highest BCUT2D eigenvalue weighted by Gasteiger charge is 2.30. The SMILES string of the molecule is O=[S@]1c2ccccc2N[C@@H](c2ccc3ccccc3c2)C[C@H]1c1ccccc1. The molecule has 28 heavy (non-hydrogen) atoms. The first-order valence-electron chi connectivity index (χ1n) is 9.59. The number of nitrogens with one attached hydrogen (secondary N) is 1. The van der Waals surface area contributed by atoms with Crippen molar-refractivity contribution in [2.24, 2.45) is 0 Å². The van der Waals surface area contributed by atoms with Crippen LogP contribution in [0.3, 0.4) is 0 Å². The van der Waals surface area contributed by atoms with Crippen LogP contribution < -0.4 is 5.32 Å². The summed E-state index contributed by atoms with van der Waals surface area (Å²) < 4.78 is 13.5. The quantitative estimate of drug-likeness (QED) is 0.443. The molecule has 138 valence electrons. The van der Waals surface area contributed by atoms with E-state index in [4.69, 9.17) is 0 Å². The van der Waals surface area contributed by atoms with Gasteiger partial charge < -0.3 is 5.32 Å². The van der Waals surface area contributed by atoms with Crippen molar-refractivity contribution in [2.45, 2.75) is 22.6 Å². The molecule has 0 fully saturated rings. The first kappa shape index (κ1) is 17.2. The van der Waals surface area contributed by atoms with E-state index in [0.717, 1.165) is 22.6 Å². The highest BCUT2D eigenvalue weighted by Crippen LogP contribution is 2.41. The molecule has 0 saturated heterocycles. The van der Waals surface area contributed by atoms with Crippen LogP contribution in [0.1, 0.15) is 28.8 Å². The van der Waals surface area contributed by atoms with Gasteiger partial charge in [-0.05, 0) is 46.5 Å². The molecule has 0 radical (unpaired) electrons. The predicted octanol–water partition coefficient (Wildman–Crippen LogP) is 6.25. The van der Waals surface area contributed by atoms with E-state index < -0.39 is 10.8 Å². The molecule has 0 spiro atoms. The van der Waals surface area contributed by atoms with Crippen LogP contribution in [0, 0.1) is 0 Å². The number of hydrogen-bond acceptors (Lipinski definition) is 2. The van der Waals surface area contributed by atoms with Crippen LogP contribution in [0.2, 0.25) is 0 Å². The maximum atomic E-state index is 13.5. The Morgan fingerprint density at radius 2 is 1.43 bits per heavy atom. The topological polar surface area (TPSA) is 29.1 Å². The average molecular weight is 384 g/mol. The van der Waals surface area contributed by atoms with Crippen LogP contribution >= 0.6 is 0 Å². The van der Waals surface area contributed by atoms with Crippen LogP contribution in [0.5, 0.6) is 0 Å². The van der Waals surface area contributed by atoms with Gasteiger partial charge in [-0.15, -0.1) is 0 Å². The van der Waals surface area contributed by atoms with Gasteiger partial charge in [-0.1, -0.05) is 78.9 Å². The molecule has 4 aromatic carbocycles. The largest absolute Gasteiger partial charge is 0.377 e. The van der Waals surface area contributed by atoms with E-state index in [9.17, 15) is 4.21 Å². The summed E-state index contributed by atoms with van der Waals surface area (Å²) in [5.74, 6) is 0. The molecule has 5 rings (SSSR count).